The first-order chi connectivity index (χ1) is 13.3. The van der Waals surface area contributed by atoms with Crippen molar-refractivity contribution in [3.63, 3.8) is 0 Å². The topological polar surface area (TPSA) is 63.9 Å². The van der Waals surface area contributed by atoms with E-state index in [0.717, 1.165) is 53.7 Å². The van der Waals surface area contributed by atoms with Crippen molar-refractivity contribution in [3.05, 3.63) is 65.0 Å². The number of fused-ring (bicyclic) bond motifs is 2. The molecule has 136 valence electrons. The molecule has 1 fully saturated rings. The second-order valence-electron chi connectivity index (χ2n) is 6.77. The van der Waals surface area contributed by atoms with Gasteiger partial charge in [-0.05, 0) is 47.7 Å². The summed E-state index contributed by atoms with van der Waals surface area (Å²) >= 11 is 1.80. The van der Waals surface area contributed by atoms with Gasteiger partial charge in [-0.25, -0.2) is 4.31 Å². The number of aromatic nitrogens is 2. The molecule has 5 nitrogen and oxygen atoms in total. The minimum absolute atomic E-state index is 0.0726. The van der Waals surface area contributed by atoms with Crippen LogP contribution in [0.3, 0.4) is 0 Å². The molecule has 0 atom stereocenters. The van der Waals surface area contributed by atoms with Crippen LogP contribution < -0.4 is 10.9 Å². The lowest BCUT2D eigenvalue weighted by Crippen LogP contribution is -2.39. The van der Waals surface area contributed by atoms with Crippen molar-refractivity contribution in [2.75, 3.05) is 26.2 Å². The number of para-hydroxylation sites is 1. The molecule has 5 rings (SSSR count). The highest BCUT2D eigenvalue weighted by Crippen LogP contribution is 2.33. The van der Waals surface area contributed by atoms with E-state index in [2.05, 4.69) is 43.9 Å². The maximum atomic E-state index is 12.6. The molecular formula is C21H20N4OS. The Morgan fingerprint density at radius 2 is 1.70 bits per heavy atom. The molecule has 0 unspecified atom stereocenters. The third-order valence-corrected chi connectivity index (χ3v) is 6.15. The highest BCUT2D eigenvalue weighted by molar-refractivity contribution is 7.97. The van der Waals surface area contributed by atoms with Gasteiger partial charge in [-0.3, -0.25) is 4.79 Å². The molecule has 3 N–H and O–H groups in total. The Morgan fingerprint density at radius 3 is 2.59 bits per heavy atom. The number of aromatic amines is 2. The van der Waals surface area contributed by atoms with Gasteiger partial charge in [0.25, 0.3) is 5.56 Å². The van der Waals surface area contributed by atoms with Gasteiger partial charge in [0, 0.05) is 47.5 Å². The molecule has 1 aliphatic rings. The van der Waals surface area contributed by atoms with Crippen LogP contribution >= 0.6 is 11.9 Å². The molecular weight excluding hydrogens is 356 g/mol. The van der Waals surface area contributed by atoms with Crippen LogP contribution in [0.2, 0.25) is 0 Å². The number of hydrogen-bond acceptors (Lipinski definition) is 4. The van der Waals surface area contributed by atoms with Gasteiger partial charge in [-0.2, -0.15) is 0 Å². The van der Waals surface area contributed by atoms with Gasteiger partial charge in [0.2, 0.25) is 0 Å². The monoisotopic (exact) mass is 376 g/mol. The van der Waals surface area contributed by atoms with E-state index in [9.17, 15) is 4.79 Å². The summed E-state index contributed by atoms with van der Waals surface area (Å²) in [4.78, 5) is 20.2. The summed E-state index contributed by atoms with van der Waals surface area (Å²) in [6.45, 7) is 4.10. The van der Waals surface area contributed by atoms with Crippen LogP contribution in [0.15, 0.2) is 64.3 Å². The fraction of sp³-hybridized carbons (Fsp3) is 0.190. The van der Waals surface area contributed by atoms with Crippen molar-refractivity contribution < 1.29 is 0 Å². The molecule has 1 aliphatic heterocycles. The summed E-state index contributed by atoms with van der Waals surface area (Å²) in [6.07, 6.45) is 0. The van der Waals surface area contributed by atoms with Crippen molar-refractivity contribution in [2.24, 2.45) is 0 Å². The van der Waals surface area contributed by atoms with Crippen LogP contribution in [-0.4, -0.2) is 40.5 Å². The molecule has 6 heteroatoms. The maximum absolute atomic E-state index is 12.6. The van der Waals surface area contributed by atoms with E-state index in [0.29, 0.717) is 5.56 Å². The third kappa shape index (κ3) is 3.16. The standard InChI is InChI=1S/C21H20N4OS/c26-21-16(12-14-4-1-2-5-17(14)24-21)19-13-15-18(23-19)6-3-7-20(15)27-25-10-8-22-9-11-25/h1-7,12-13,22-23H,8-11H2,(H,24,26). The van der Waals surface area contributed by atoms with Crippen LogP contribution in [0, 0.1) is 0 Å². The second-order valence-corrected chi connectivity index (χ2v) is 7.91. The summed E-state index contributed by atoms with van der Waals surface area (Å²) in [5.74, 6) is 0. The number of hydrogen-bond donors (Lipinski definition) is 3. The maximum Gasteiger partial charge on any atom is 0.257 e. The molecule has 0 bridgehead atoms. The molecule has 2 aromatic carbocycles. The van der Waals surface area contributed by atoms with E-state index >= 15 is 0 Å². The lowest BCUT2D eigenvalue weighted by molar-refractivity contribution is 0.396. The molecule has 0 radical (unpaired) electrons. The molecule has 0 saturated carbocycles. The smallest absolute Gasteiger partial charge is 0.257 e. The lowest BCUT2D eigenvalue weighted by Gasteiger charge is -2.26. The van der Waals surface area contributed by atoms with Crippen molar-refractivity contribution in [3.8, 4) is 11.3 Å². The number of benzene rings is 2. The summed E-state index contributed by atoms with van der Waals surface area (Å²) < 4.78 is 2.39. The van der Waals surface area contributed by atoms with Crippen LogP contribution in [0.1, 0.15) is 0 Å². The van der Waals surface area contributed by atoms with Gasteiger partial charge < -0.3 is 15.3 Å². The zero-order chi connectivity index (χ0) is 18.2. The minimum Gasteiger partial charge on any atom is -0.354 e. The summed E-state index contributed by atoms with van der Waals surface area (Å²) in [6, 6.07) is 18.2. The molecule has 0 amide bonds. The van der Waals surface area contributed by atoms with Gasteiger partial charge in [0.15, 0.2) is 0 Å². The summed E-state index contributed by atoms with van der Waals surface area (Å²) in [5.41, 5.74) is 3.36. The number of nitrogens with zero attached hydrogens (tertiary/aromatic N) is 1. The Labute approximate surface area is 160 Å². The highest BCUT2D eigenvalue weighted by Gasteiger charge is 2.15. The summed E-state index contributed by atoms with van der Waals surface area (Å²) in [5, 5.41) is 5.57. The Hall–Kier alpha value is -2.54. The Balaban J connectivity index is 1.58. The van der Waals surface area contributed by atoms with Gasteiger partial charge in [-0.1, -0.05) is 24.3 Å². The van der Waals surface area contributed by atoms with Crippen molar-refractivity contribution >= 4 is 33.8 Å². The van der Waals surface area contributed by atoms with Crippen molar-refractivity contribution in [1.82, 2.24) is 19.6 Å². The fourth-order valence-electron chi connectivity index (χ4n) is 3.57. The van der Waals surface area contributed by atoms with Crippen LogP contribution in [0.4, 0.5) is 0 Å². The third-order valence-electron chi connectivity index (χ3n) is 4.97. The first-order valence-corrected chi connectivity index (χ1v) is 9.93. The van der Waals surface area contributed by atoms with Gasteiger partial charge in [0.05, 0.1) is 11.3 Å². The van der Waals surface area contributed by atoms with Gasteiger partial charge in [-0.15, -0.1) is 0 Å². The quantitative estimate of drug-likeness (QED) is 0.478. The van der Waals surface area contributed by atoms with E-state index in [4.69, 9.17) is 0 Å². The number of piperazine rings is 1. The Morgan fingerprint density at radius 1 is 0.889 bits per heavy atom. The SMILES string of the molecule is O=c1[nH]c2ccccc2cc1-c1cc2c(SN3CCNCC3)cccc2[nH]1. The molecule has 2 aromatic heterocycles. The van der Waals surface area contributed by atoms with Gasteiger partial charge >= 0.3 is 0 Å². The number of pyridine rings is 1. The predicted octanol–water partition coefficient (Wildman–Crippen LogP) is 3.59. The zero-order valence-electron chi connectivity index (χ0n) is 14.8. The average Bonchev–Trinajstić information content (AvgIpc) is 3.13. The normalized spacial score (nSPS) is 15.6. The molecule has 3 heterocycles. The van der Waals surface area contributed by atoms with Gasteiger partial charge in [0.1, 0.15) is 0 Å². The molecule has 27 heavy (non-hydrogen) atoms. The first-order valence-electron chi connectivity index (χ1n) is 9.16. The zero-order valence-corrected chi connectivity index (χ0v) is 15.6. The minimum atomic E-state index is -0.0726. The first kappa shape index (κ1) is 16.6. The van der Waals surface area contributed by atoms with Crippen LogP contribution in [0.5, 0.6) is 0 Å². The molecule has 4 aromatic rings. The molecule has 1 saturated heterocycles. The van der Waals surface area contributed by atoms with E-state index < -0.39 is 0 Å². The summed E-state index contributed by atoms with van der Waals surface area (Å²) in [7, 11) is 0. The van der Waals surface area contributed by atoms with E-state index in [1.165, 1.54) is 4.90 Å². The van der Waals surface area contributed by atoms with Crippen LogP contribution in [-0.2, 0) is 0 Å². The fourth-order valence-corrected chi connectivity index (χ4v) is 4.62. The number of rotatable bonds is 3. The molecule has 0 aliphatic carbocycles. The highest BCUT2D eigenvalue weighted by atomic mass is 32.2. The molecule has 0 spiro atoms. The van der Waals surface area contributed by atoms with Crippen molar-refractivity contribution in [1.29, 1.82) is 0 Å². The van der Waals surface area contributed by atoms with E-state index in [-0.39, 0.29) is 5.56 Å². The van der Waals surface area contributed by atoms with E-state index in [1.54, 1.807) is 11.9 Å². The number of nitrogens with one attached hydrogen (secondary N) is 3. The van der Waals surface area contributed by atoms with E-state index in [1.807, 2.05) is 30.3 Å². The number of H-pyrrole nitrogens is 2. The van der Waals surface area contributed by atoms with Crippen molar-refractivity contribution in [2.45, 2.75) is 4.90 Å². The average molecular weight is 376 g/mol. The second kappa shape index (κ2) is 6.88. The predicted molar refractivity (Wildman–Crippen MR) is 112 cm³/mol. The largest absolute Gasteiger partial charge is 0.354 e. The Bertz CT molecular complexity index is 1170. The lowest BCUT2D eigenvalue weighted by atomic mass is 10.1. The Kier molecular flexibility index (Phi) is 4.24. The van der Waals surface area contributed by atoms with Crippen LogP contribution in [0.25, 0.3) is 33.1 Å².